The summed E-state index contributed by atoms with van der Waals surface area (Å²) in [7, 11) is 0. The minimum atomic E-state index is -4.41. The van der Waals surface area contributed by atoms with Gasteiger partial charge in [-0.3, -0.25) is 4.40 Å². The Labute approximate surface area is 122 Å². The molecule has 3 aromatic rings. The van der Waals surface area contributed by atoms with Crippen LogP contribution in [0.5, 0.6) is 0 Å². The van der Waals surface area contributed by atoms with Crippen LogP contribution in [0.25, 0.3) is 16.9 Å². The lowest BCUT2D eigenvalue weighted by Crippen LogP contribution is -2.04. The van der Waals surface area contributed by atoms with E-state index >= 15 is 0 Å². The highest BCUT2D eigenvalue weighted by molar-refractivity contribution is 6.32. The maximum Gasteiger partial charge on any atom is 0.416 e. The number of alkyl halides is 3. The average Bonchev–Trinajstić information content (AvgIpc) is 2.75. The van der Waals surface area contributed by atoms with Crippen LogP contribution in [0.3, 0.4) is 0 Å². The number of halogens is 4. The van der Waals surface area contributed by atoms with Crippen LogP contribution in [0.4, 0.5) is 18.9 Å². The molecule has 0 fully saturated rings. The summed E-state index contributed by atoms with van der Waals surface area (Å²) in [6.45, 7) is 0. The lowest BCUT2D eigenvalue weighted by Gasteiger charge is -2.08. The molecule has 21 heavy (non-hydrogen) atoms. The molecule has 0 aliphatic rings. The number of rotatable bonds is 1. The average molecular weight is 312 g/mol. The van der Waals surface area contributed by atoms with Gasteiger partial charge in [0.25, 0.3) is 0 Å². The summed E-state index contributed by atoms with van der Waals surface area (Å²) in [6, 6.07) is 8.24. The zero-order valence-corrected chi connectivity index (χ0v) is 11.3. The van der Waals surface area contributed by atoms with Gasteiger partial charge in [0.05, 0.1) is 11.1 Å². The van der Waals surface area contributed by atoms with Crippen molar-refractivity contribution in [2.45, 2.75) is 6.18 Å². The third-order valence-corrected chi connectivity index (χ3v) is 3.34. The smallest absolute Gasteiger partial charge is 0.398 e. The van der Waals surface area contributed by atoms with E-state index in [0.717, 1.165) is 12.1 Å². The molecule has 2 aromatic heterocycles. The van der Waals surface area contributed by atoms with Crippen LogP contribution < -0.4 is 5.73 Å². The second-order valence-electron chi connectivity index (χ2n) is 4.52. The van der Waals surface area contributed by atoms with Crippen molar-refractivity contribution in [2.24, 2.45) is 0 Å². The van der Waals surface area contributed by atoms with Gasteiger partial charge in [-0.1, -0.05) is 23.7 Å². The highest BCUT2D eigenvalue weighted by Gasteiger charge is 2.30. The lowest BCUT2D eigenvalue weighted by atomic mass is 10.1. The van der Waals surface area contributed by atoms with Crippen LogP contribution in [0, 0.1) is 0 Å². The zero-order valence-electron chi connectivity index (χ0n) is 10.5. The molecule has 0 aliphatic carbocycles. The Hall–Kier alpha value is -2.21. The molecule has 0 saturated heterocycles. The van der Waals surface area contributed by atoms with E-state index in [1.54, 1.807) is 28.8 Å². The first-order chi connectivity index (χ1) is 9.86. The van der Waals surface area contributed by atoms with E-state index in [4.69, 9.17) is 17.3 Å². The topological polar surface area (TPSA) is 43.3 Å². The highest BCUT2D eigenvalue weighted by Crippen LogP contribution is 2.33. The van der Waals surface area contributed by atoms with Crippen molar-refractivity contribution in [2.75, 3.05) is 5.73 Å². The number of hydrogen-bond donors (Lipinski definition) is 1. The number of imidazole rings is 1. The van der Waals surface area contributed by atoms with Crippen molar-refractivity contribution in [3.8, 4) is 11.4 Å². The van der Waals surface area contributed by atoms with Gasteiger partial charge in [-0.25, -0.2) is 4.98 Å². The quantitative estimate of drug-likeness (QED) is 0.730. The predicted octanol–water partition coefficient (Wildman–Crippen LogP) is 4.26. The predicted molar refractivity (Wildman–Crippen MR) is 75.1 cm³/mol. The fourth-order valence-corrected chi connectivity index (χ4v) is 2.34. The Morgan fingerprint density at radius 2 is 1.90 bits per heavy atom. The molecular formula is C14H9ClF3N3. The van der Waals surface area contributed by atoms with E-state index in [0.29, 0.717) is 22.6 Å². The molecule has 108 valence electrons. The second-order valence-corrected chi connectivity index (χ2v) is 4.88. The summed E-state index contributed by atoms with van der Waals surface area (Å²) in [6.07, 6.45) is -2.84. The second kappa shape index (κ2) is 4.66. The molecule has 2 heterocycles. The van der Waals surface area contributed by atoms with E-state index < -0.39 is 11.7 Å². The highest BCUT2D eigenvalue weighted by atomic mass is 35.5. The number of pyridine rings is 1. The number of aromatic nitrogens is 2. The first-order valence-electron chi connectivity index (χ1n) is 5.97. The Morgan fingerprint density at radius 1 is 1.14 bits per heavy atom. The third-order valence-electron chi connectivity index (χ3n) is 3.06. The van der Waals surface area contributed by atoms with Gasteiger partial charge >= 0.3 is 6.18 Å². The fourth-order valence-electron chi connectivity index (χ4n) is 2.10. The molecule has 2 N–H and O–H groups in total. The van der Waals surface area contributed by atoms with Crippen LogP contribution >= 0.6 is 11.6 Å². The van der Waals surface area contributed by atoms with Gasteiger partial charge in [-0.15, -0.1) is 0 Å². The molecule has 0 radical (unpaired) electrons. The third kappa shape index (κ3) is 2.42. The van der Waals surface area contributed by atoms with Crippen molar-refractivity contribution in [3.63, 3.8) is 0 Å². The molecule has 0 unspecified atom stereocenters. The van der Waals surface area contributed by atoms with Gasteiger partial charge in [0.15, 0.2) is 5.15 Å². The largest absolute Gasteiger partial charge is 0.416 e. The number of anilines is 1. The minimum Gasteiger partial charge on any atom is -0.398 e. The minimum absolute atomic E-state index is 0.211. The number of nitrogens with zero attached hydrogens (tertiary/aromatic N) is 2. The first-order valence-corrected chi connectivity index (χ1v) is 6.35. The van der Waals surface area contributed by atoms with E-state index in [-0.39, 0.29) is 5.15 Å². The Morgan fingerprint density at radius 3 is 2.62 bits per heavy atom. The van der Waals surface area contributed by atoms with Crippen LogP contribution in [-0.2, 0) is 6.18 Å². The SMILES string of the molecule is Nc1ccc2c(Cl)nc(-c3cccc(C(F)(F)F)c3)n2c1. The molecule has 0 atom stereocenters. The van der Waals surface area contributed by atoms with Crippen molar-refractivity contribution >= 4 is 22.8 Å². The number of benzene rings is 1. The maximum absolute atomic E-state index is 12.8. The summed E-state index contributed by atoms with van der Waals surface area (Å²) in [5, 5.41) is 0.211. The van der Waals surface area contributed by atoms with Gasteiger partial charge in [0, 0.05) is 17.4 Å². The van der Waals surface area contributed by atoms with Crippen LogP contribution in [0.15, 0.2) is 42.6 Å². The zero-order chi connectivity index (χ0) is 15.2. The molecule has 0 saturated carbocycles. The Kier molecular flexibility index (Phi) is 3.06. The molecule has 0 amide bonds. The van der Waals surface area contributed by atoms with E-state index in [2.05, 4.69) is 4.98 Å². The van der Waals surface area contributed by atoms with Crippen LogP contribution in [0.1, 0.15) is 5.56 Å². The number of nitrogen functional groups attached to an aromatic ring is 1. The van der Waals surface area contributed by atoms with E-state index in [1.807, 2.05) is 0 Å². The standard InChI is InChI=1S/C14H9ClF3N3/c15-12-11-5-4-10(19)7-21(11)13(20-12)8-2-1-3-9(6-8)14(16,17)18/h1-7H,19H2. The molecule has 0 spiro atoms. The molecular weight excluding hydrogens is 303 g/mol. The molecule has 0 bridgehead atoms. The first kappa shape index (κ1) is 13.8. The monoisotopic (exact) mass is 311 g/mol. The number of hydrogen-bond acceptors (Lipinski definition) is 2. The molecule has 1 aromatic carbocycles. The van der Waals surface area contributed by atoms with Gasteiger partial charge in [-0.2, -0.15) is 13.2 Å². The maximum atomic E-state index is 12.8. The van der Waals surface area contributed by atoms with Gasteiger partial charge in [-0.05, 0) is 24.3 Å². The molecule has 3 nitrogen and oxygen atoms in total. The van der Waals surface area contributed by atoms with Crippen molar-refractivity contribution < 1.29 is 13.2 Å². The van der Waals surface area contributed by atoms with Gasteiger partial charge < -0.3 is 5.73 Å². The Bertz CT molecular complexity index is 824. The van der Waals surface area contributed by atoms with Crippen LogP contribution in [-0.4, -0.2) is 9.38 Å². The summed E-state index contributed by atoms with van der Waals surface area (Å²) in [5.41, 5.74) is 6.33. The normalized spacial score (nSPS) is 12.0. The Balaban J connectivity index is 2.23. The van der Waals surface area contributed by atoms with Gasteiger partial charge in [0.1, 0.15) is 5.82 Å². The lowest BCUT2D eigenvalue weighted by molar-refractivity contribution is -0.137. The molecule has 0 aliphatic heterocycles. The number of nitrogens with two attached hydrogens (primary N) is 1. The van der Waals surface area contributed by atoms with E-state index in [9.17, 15) is 13.2 Å². The molecule has 7 heteroatoms. The summed E-state index contributed by atoms with van der Waals surface area (Å²) in [5.74, 6) is 0.313. The van der Waals surface area contributed by atoms with Crippen LogP contribution in [0.2, 0.25) is 5.15 Å². The van der Waals surface area contributed by atoms with Crippen molar-refractivity contribution in [3.05, 3.63) is 53.3 Å². The van der Waals surface area contributed by atoms with Crippen molar-refractivity contribution in [1.82, 2.24) is 9.38 Å². The van der Waals surface area contributed by atoms with Gasteiger partial charge in [0.2, 0.25) is 0 Å². The summed E-state index contributed by atoms with van der Waals surface area (Å²) >= 11 is 6.01. The summed E-state index contributed by atoms with van der Waals surface area (Å²) < 4.78 is 40.0. The number of fused-ring (bicyclic) bond motifs is 1. The van der Waals surface area contributed by atoms with Crippen molar-refractivity contribution in [1.29, 1.82) is 0 Å². The molecule has 3 rings (SSSR count). The van der Waals surface area contributed by atoms with E-state index in [1.165, 1.54) is 6.07 Å². The summed E-state index contributed by atoms with van der Waals surface area (Å²) in [4.78, 5) is 4.13. The fraction of sp³-hybridized carbons (Fsp3) is 0.0714.